The number of aromatic nitrogens is 2. The van der Waals surface area contributed by atoms with Crippen molar-refractivity contribution in [2.24, 2.45) is 0 Å². The van der Waals surface area contributed by atoms with Crippen molar-refractivity contribution >= 4 is 28.2 Å². The van der Waals surface area contributed by atoms with Crippen molar-refractivity contribution in [2.75, 3.05) is 37.8 Å². The molecule has 0 aromatic carbocycles. The third-order valence-electron chi connectivity index (χ3n) is 1.51. The molecule has 0 atom stereocenters. The molecule has 6 heteroatoms. The minimum absolute atomic E-state index is 0.625. The highest BCUT2D eigenvalue weighted by Crippen LogP contribution is 2.26. The van der Waals surface area contributed by atoms with Crippen LogP contribution < -0.4 is 10.2 Å². The Kier molecular flexibility index (Phi) is 5.47. The predicted octanol–water partition coefficient (Wildman–Crippen LogP) is 0.919. The lowest BCUT2D eigenvalue weighted by Gasteiger charge is -2.03. The molecule has 0 saturated heterocycles. The van der Waals surface area contributed by atoms with Gasteiger partial charge in [-0.25, -0.2) is 0 Å². The molecule has 15 heavy (non-hydrogen) atoms. The van der Waals surface area contributed by atoms with E-state index in [4.69, 9.17) is 6.42 Å². The minimum Gasteiger partial charge on any atom is -0.353 e. The van der Waals surface area contributed by atoms with Gasteiger partial charge in [-0.05, 0) is 0 Å². The number of anilines is 1. The van der Waals surface area contributed by atoms with Gasteiger partial charge in [-0.2, -0.15) is 0 Å². The van der Waals surface area contributed by atoms with Crippen molar-refractivity contribution in [3.63, 3.8) is 0 Å². The maximum Gasteiger partial charge on any atom is 0.208 e. The smallest absolute Gasteiger partial charge is 0.208 e. The Morgan fingerprint density at radius 2 is 2.33 bits per heavy atom. The fourth-order valence-electron chi connectivity index (χ4n) is 0.813. The van der Waals surface area contributed by atoms with Gasteiger partial charge in [0, 0.05) is 26.4 Å². The standard InChI is InChI=1S/C9H14N4S2/c1-4-5-10-6-7-14-9-12-11-8(15-9)13(2)3/h1,10H,5-7H2,2-3H3. The summed E-state index contributed by atoms with van der Waals surface area (Å²) in [6.07, 6.45) is 5.11. The van der Waals surface area contributed by atoms with Crippen molar-refractivity contribution in [2.45, 2.75) is 4.34 Å². The summed E-state index contributed by atoms with van der Waals surface area (Å²) in [6, 6.07) is 0. The number of thioether (sulfide) groups is 1. The van der Waals surface area contributed by atoms with E-state index < -0.39 is 0 Å². The molecule has 0 saturated carbocycles. The summed E-state index contributed by atoms with van der Waals surface area (Å²) in [5.41, 5.74) is 0. The average Bonchev–Trinajstić information content (AvgIpc) is 2.66. The van der Waals surface area contributed by atoms with Crippen LogP contribution in [-0.4, -0.2) is 43.1 Å². The summed E-state index contributed by atoms with van der Waals surface area (Å²) in [4.78, 5) is 1.96. The van der Waals surface area contributed by atoms with Crippen molar-refractivity contribution in [3.8, 4) is 12.3 Å². The van der Waals surface area contributed by atoms with E-state index in [1.165, 1.54) is 0 Å². The number of nitrogens with one attached hydrogen (secondary N) is 1. The Morgan fingerprint density at radius 3 is 2.93 bits per heavy atom. The summed E-state index contributed by atoms with van der Waals surface area (Å²) in [5, 5.41) is 12.2. The molecule has 1 aromatic heterocycles. The van der Waals surface area contributed by atoms with Gasteiger partial charge in [0.25, 0.3) is 0 Å². The van der Waals surface area contributed by atoms with Crippen LogP contribution in [0.25, 0.3) is 0 Å². The lowest BCUT2D eigenvalue weighted by atomic mass is 10.6. The number of hydrogen-bond donors (Lipinski definition) is 1. The first-order chi connectivity index (χ1) is 7.24. The molecule has 0 amide bonds. The molecule has 0 aliphatic heterocycles. The van der Waals surface area contributed by atoms with Crippen molar-refractivity contribution < 1.29 is 0 Å². The number of nitrogens with zero attached hydrogens (tertiary/aromatic N) is 3. The second-order valence-electron chi connectivity index (χ2n) is 2.97. The average molecular weight is 242 g/mol. The molecule has 1 N–H and O–H groups in total. The van der Waals surface area contributed by atoms with Gasteiger partial charge in [-0.15, -0.1) is 16.6 Å². The van der Waals surface area contributed by atoms with E-state index in [-0.39, 0.29) is 0 Å². The Morgan fingerprint density at radius 1 is 1.53 bits per heavy atom. The fraction of sp³-hybridized carbons (Fsp3) is 0.556. The highest BCUT2D eigenvalue weighted by molar-refractivity contribution is 8.01. The molecule has 0 aliphatic rings. The topological polar surface area (TPSA) is 41.1 Å². The normalized spacial score (nSPS) is 9.93. The van der Waals surface area contributed by atoms with Crippen LogP contribution in [-0.2, 0) is 0 Å². The third-order valence-corrected chi connectivity index (χ3v) is 3.74. The molecule has 0 fully saturated rings. The number of hydrogen-bond acceptors (Lipinski definition) is 6. The lowest BCUT2D eigenvalue weighted by molar-refractivity contribution is 0.817. The molecule has 0 bridgehead atoms. The molecule has 1 heterocycles. The van der Waals surface area contributed by atoms with E-state index in [0.717, 1.165) is 21.8 Å². The van der Waals surface area contributed by atoms with E-state index >= 15 is 0 Å². The zero-order valence-electron chi connectivity index (χ0n) is 8.86. The van der Waals surface area contributed by atoms with E-state index in [2.05, 4.69) is 21.4 Å². The number of terminal acetylenes is 1. The second-order valence-corrected chi connectivity index (χ2v) is 5.27. The van der Waals surface area contributed by atoms with Crippen LogP contribution in [0, 0.1) is 12.3 Å². The van der Waals surface area contributed by atoms with Crippen LogP contribution in [0.4, 0.5) is 5.13 Å². The summed E-state index contributed by atoms with van der Waals surface area (Å²) < 4.78 is 1.00. The molecule has 0 radical (unpaired) electrons. The minimum atomic E-state index is 0.625. The van der Waals surface area contributed by atoms with Crippen LogP contribution in [0.2, 0.25) is 0 Å². The molecule has 4 nitrogen and oxygen atoms in total. The third kappa shape index (κ3) is 4.51. The van der Waals surface area contributed by atoms with Gasteiger partial charge >= 0.3 is 0 Å². The van der Waals surface area contributed by atoms with E-state index in [9.17, 15) is 0 Å². The molecular formula is C9H14N4S2. The first-order valence-electron chi connectivity index (χ1n) is 4.52. The zero-order valence-corrected chi connectivity index (χ0v) is 10.5. The largest absolute Gasteiger partial charge is 0.353 e. The summed E-state index contributed by atoms with van der Waals surface area (Å²) in [5.74, 6) is 3.50. The van der Waals surface area contributed by atoms with Crippen molar-refractivity contribution in [3.05, 3.63) is 0 Å². The van der Waals surface area contributed by atoms with E-state index in [1.54, 1.807) is 23.1 Å². The first-order valence-corrected chi connectivity index (χ1v) is 6.32. The monoisotopic (exact) mass is 242 g/mol. The van der Waals surface area contributed by atoms with Crippen LogP contribution in [0.3, 0.4) is 0 Å². The first kappa shape index (κ1) is 12.3. The van der Waals surface area contributed by atoms with Gasteiger partial charge in [0.15, 0.2) is 4.34 Å². The van der Waals surface area contributed by atoms with Gasteiger partial charge in [-0.1, -0.05) is 29.0 Å². The van der Waals surface area contributed by atoms with Gasteiger partial charge < -0.3 is 10.2 Å². The maximum atomic E-state index is 5.11. The Labute approximate surface area is 98.5 Å². The van der Waals surface area contributed by atoms with Crippen molar-refractivity contribution in [1.29, 1.82) is 0 Å². The predicted molar refractivity (Wildman–Crippen MR) is 66.7 cm³/mol. The van der Waals surface area contributed by atoms with E-state index in [1.807, 2.05) is 19.0 Å². The van der Waals surface area contributed by atoms with Crippen LogP contribution in [0.5, 0.6) is 0 Å². The summed E-state index contributed by atoms with van der Waals surface area (Å²) in [6.45, 7) is 1.52. The van der Waals surface area contributed by atoms with E-state index in [0.29, 0.717) is 6.54 Å². The van der Waals surface area contributed by atoms with Crippen LogP contribution >= 0.6 is 23.1 Å². The Hall–Kier alpha value is -0.770. The SMILES string of the molecule is C#CCNCCSc1nnc(N(C)C)s1. The second kappa shape index (κ2) is 6.67. The quantitative estimate of drug-likeness (QED) is 0.456. The Bertz CT molecular complexity index is 329. The highest BCUT2D eigenvalue weighted by Gasteiger charge is 2.05. The highest BCUT2D eigenvalue weighted by atomic mass is 32.2. The summed E-state index contributed by atoms with van der Waals surface area (Å²) in [7, 11) is 3.92. The number of rotatable bonds is 6. The molecule has 0 unspecified atom stereocenters. The van der Waals surface area contributed by atoms with Crippen LogP contribution in [0.15, 0.2) is 4.34 Å². The van der Waals surface area contributed by atoms with Crippen molar-refractivity contribution in [1.82, 2.24) is 15.5 Å². The van der Waals surface area contributed by atoms with Gasteiger partial charge in [-0.3, -0.25) is 0 Å². The zero-order chi connectivity index (χ0) is 11.1. The molecule has 0 spiro atoms. The fourth-order valence-corrected chi connectivity index (χ4v) is 2.54. The maximum absolute atomic E-state index is 5.11. The van der Waals surface area contributed by atoms with Crippen LogP contribution in [0.1, 0.15) is 0 Å². The van der Waals surface area contributed by atoms with Gasteiger partial charge in [0.05, 0.1) is 6.54 Å². The molecule has 82 valence electrons. The Balaban J connectivity index is 2.23. The molecule has 1 rings (SSSR count). The van der Waals surface area contributed by atoms with Gasteiger partial charge in [0.2, 0.25) is 5.13 Å². The molecular weight excluding hydrogens is 228 g/mol. The lowest BCUT2D eigenvalue weighted by Crippen LogP contribution is -2.16. The molecule has 1 aromatic rings. The molecule has 0 aliphatic carbocycles. The summed E-state index contributed by atoms with van der Waals surface area (Å²) >= 11 is 3.30. The van der Waals surface area contributed by atoms with Gasteiger partial charge in [0.1, 0.15) is 0 Å².